The fraction of sp³-hybridized carbons (Fsp3) is 0.875. The summed E-state index contributed by atoms with van der Waals surface area (Å²) in [5.74, 6) is 1.10. The second-order valence-electron chi connectivity index (χ2n) is 6.70. The average molecular weight is 442 g/mol. The highest BCUT2D eigenvalue weighted by Gasteiger charge is 2.20. The van der Waals surface area contributed by atoms with Crippen LogP contribution < -0.4 is 10.6 Å². The lowest BCUT2D eigenvalue weighted by atomic mass is 10.1. The number of unbranched alkanes of at least 4 members (excludes halogenated alkanes) is 1. The predicted molar refractivity (Wildman–Crippen MR) is 108 cm³/mol. The van der Waals surface area contributed by atoms with Gasteiger partial charge in [0, 0.05) is 33.7 Å². The van der Waals surface area contributed by atoms with E-state index in [0.717, 1.165) is 31.9 Å². The van der Waals surface area contributed by atoms with Gasteiger partial charge >= 0.3 is 6.09 Å². The molecule has 0 rings (SSSR count). The van der Waals surface area contributed by atoms with Crippen molar-refractivity contribution in [2.75, 3.05) is 33.7 Å². The summed E-state index contributed by atoms with van der Waals surface area (Å²) in [6.07, 6.45) is 1.99. The van der Waals surface area contributed by atoms with Crippen molar-refractivity contribution < 1.29 is 9.53 Å². The molecule has 6 nitrogen and oxygen atoms in total. The lowest BCUT2D eigenvalue weighted by molar-refractivity contribution is 0.0278. The van der Waals surface area contributed by atoms with Crippen molar-refractivity contribution in [1.82, 2.24) is 15.5 Å². The van der Waals surface area contributed by atoms with Gasteiger partial charge in [-0.05, 0) is 33.1 Å². The Hall–Kier alpha value is -0.730. The number of rotatable bonds is 7. The van der Waals surface area contributed by atoms with E-state index in [1.165, 1.54) is 0 Å². The van der Waals surface area contributed by atoms with Gasteiger partial charge in [-0.3, -0.25) is 4.99 Å². The van der Waals surface area contributed by atoms with E-state index in [-0.39, 0.29) is 30.1 Å². The van der Waals surface area contributed by atoms with Gasteiger partial charge in [0.25, 0.3) is 0 Å². The molecule has 0 aromatic carbocycles. The van der Waals surface area contributed by atoms with Gasteiger partial charge in [0.15, 0.2) is 5.96 Å². The Kier molecular flexibility index (Phi) is 13.5. The molecule has 0 saturated carbocycles. The van der Waals surface area contributed by atoms with Crippen LogP contribution in [0.2, 0.25) is 0 Å². The zero-order valence-electron chi connectivity index (χ0n) is 15.7. The molecular weight excluding hydrogens is 407 g/mol. The maximum Gasteiger partial charge on any atom is 0.410 e. The summed E-state index contributed by atoms with van der Waals surface area (Å²) in [4.78, 5) is 17.7. The molecule has 138 valence electrons. The topological polar surface area (TPSA) is 66.0 Å². The summed E-state index contributed by atoms with van der Waals surface area (Å²) in [7, 11) is 3.53. The Morgan fingerprint density at radius 3 is 2.39 bits per heavy atom. The van der Waals surface area contributed by atoms with Crippen LogP contribution in [0, 0.1) is 5.92 Å². The quantitative estimate of drug-likeness (QED) is 0.275. The first kappa shape index (κ1) is 24.5. The van der Waals surface area contributed by atoms with Crippen molar-refractivity contribution >= 4 is 36.0 Å². The second kappa shape index (κ2) is 12.7. The van der Waals surface area contributed by atoms with E-state index < -0.39 is 5.60 Å². The molecule has 1 atom stereocenters. The predicted octanol–water partition coefficient (Wildman–Crippen LogP) is 3.07. The summed E-state index contributed by atoms with van der Waals surface area (Å²) in [6, 6.07) is 0. The van der Waals surface area contributed by atoms with Gasteiger partial charge in [-0.2, -0.15) is 0 Å². The van der Waals surface area contributed by atoms with Gasteiger partial charge in [-0.15, -0.1) is 24.0 Å². The van der Waals surface area contributed by atoms with Gasteiger partial charge in [-0.1, -0.05) is 20.3 Å². The molecule has 0 saturated heterocycles. The number of nitrogens with one attached hydrogen (secondary N) is 2. The maximum atomic E-state index is 11.9. The molecule has 0 aliphatic carbocycles. The Bertz CT molecular complexity index is 356. The largest absolute Gasteiger partial charge is 0.444 e. The molecule has 23 heavy (non-hydrogen) atoms. The third-order valence-electron chi connectivity index (χ3n) is 2.96. The van der Waals surface area contributed by atoms with Gasteiger partial charge < -0.3 is 20.3 Å². The highest BCUT2D eigenvalue weighted by molar-refractivity contribution is 14.0. The summed E-state index contributed by atoms with van der Waals surface area (Å²) >= 11 is 0. The number of guanidine groups is 1. The van der Waals surface area contributed by atoms with Crippen LogP contribution in [-0.4, -0.2) is 56.3 Å². The third kappa shape index (κ3) is 13.4. The molecule has 1 unspecified atom stereocenters. The Morgan fingerprint density at radius 1 is 1.30 bits per heavy atom. The van der Waals surface area contributed by atoms with Gasteiger partial charge in [0.2, 0.25) is 0 Å². The van der Waals surface area contributed by atoms with Crippen molar-refractivity contribution in [3.63, 3.8) is 0 Å². The number of nitrogens with zero attached hydrogens (tertiary/aromatic N) is 2. The van der Waals surface area contributed by atoms with Gasteiger partial charge in [0.05, 0.1) is 0 Å². The normalized spacial score (nSPS) is 12.9. The number of amides is 1. The van der Waals surface area contributed by atoms with Crippen LogP contribution in [0.5, 0.6) is 0 Å². The highest BCUT2D eigenvalue weighted by Crippen LogP contribution is 2.10. The molecule has 0 spiro atoms. The zero-order valence-corrected chi connectivity index (χ0v) is 18.1. The molecule has 7 heteroatoms. The summed E-state index contributed by atoms with van der Waals surface area (Å²) in [6.45, 7) is 12.2. The molecule has 2 N–H and O–H groups in total. The summed E-state index contributed by atoms with van der Waals surface area (Å²) in [5, 5.41) is 6.55. The Labute approximate surface area is 158 Å². The number of hydrogen-bond donors (Lipinski definition) is 2. The number of carbonyl (C=O) groups is 1. The molecule has 0 radical (unpaired) electrons. The van der Waals surface area contributed by atoms with Gasteiger partial charge in [0.1, 0.15) is 5.60 Å². The number of hydrogen-bond acceptors (Lipinski definition) is 3. The first-order valence-corrected chi connectivity index (χ1v) is 8.08. The van der Waals surface area contributed by atoms with Crippen molar-refractivity contribution in [2.24, 2.45) is 10.9 Å². The Morgan fingerprint density at radius 2 is 1.91 bits per heavy atom. The maximum absolute atomic E-state index is 11.9. The molecule has 0 fully saturated rings. The lowest BCUT2D eigenvalue weighted by Gasteiger charge is -2.26. The highest BCUT2D eigenvalue weighted by atomic mass is 127. The monoisotopic (exact) mass is 442 g/mol. The van der Waals surface area contributed by atoms with Crippen LogP contribution in [-0.2, 0) is 4.74 Å². The molecule has 0 bridgehead atoms. The first-order chi connectivity index (χ1) is 10.2. The molecule has 0 aliphatic rings. The number of carbonyl (C=O) groups excluding carboxylic acids is 1. The Balaban J connectivity index is 0. The lowest BCUT2D eigenvalue weighted by Crippen LogP contribution is -2.43. The van der Waals surface area contributed by atoms with E-state index in [1.54, 1.807) is 19.0 Å². The smallest absolute Gasteiger partial charge is 0.410 e. The second-order valence-corrected chi connectivity index (χ2v) is 6.70. The van der Waals surface area contributed by atoms with Crippen LogP contribution in [0.15, 0.2) is 4.99 Å². The minimum absolute atomic E-state index is 0. The molecule has 1 amide bonds. The van der Waals surface area contributed by atoms with Crippen molar-refractivity contribution in [3.8, 4) is 0 Å². The van der Waals surface area contributed by atoms with E-state index in [0.29, 0.717) is 12.5 Å². The van der Waals surface area contributed by atoms with Crippen molar-refractivity contribution in [3.05, 3.63) is 0 Å². The molecule has 0 aromatic heterocycles. The zero-order chi connectivity index (χ0) is 17.2. The minimum atomic E-state index is -0.460. The van der Waals surface area contributed by atoms with E-state index >= 15 is 0 Å². The van der Waals surface area contributed by atoms with Crippen molar-refractivity contribution in [1.29, 1.82) is 0 Å². The van der Waals surface area contributed by atoms with E-state index in [1.807, 2.05) is 20.8 Å². The standard InChI is InChI=1S/C16H34N4O2.HI/c1-8-9-10-18-14(17-6)19-11-13(2)12-20(7)15(21)22-16(3,4)5;/h13H,8-12H2,1-7H3,(H2,17,18,19);1H. The fourth-order valence-electron chi connectivity index (χ4n) is 1.82. The molecular formula is C16H35IN4O2. The average Bonchev–Trinajstić information content (AvgIpc) is 2.40. The SMILES string of the molecule is CCCCNC(=NC)NCC(C)CN(C)C(=O)OC(C)(C)C.I. The summed E-state index contributed by atoms with van der Waals surface area (Å²) in [5.41, 5.74) is -0.460. The van der Waals surface area contributed by atoms with Crippen LogP contribution in [0.1, 0.15) is 47.5 Å². The fourth-order valence-corrected chi connectivity index (χ4v) is 1.82. The molecule has 0 heterocycles. The van der Waals surface area contributed by atoms with Crippen LogP contribution in [0.25, 0.3) is 0 Å². The van der Waals surface area contributed by atoms with Crippen molar-refractivity contribution in [2.45, 2.75) is 53.1 Å². The minimum Gasteiger partial charge on any atom is -0.444 e. The number of halogens is 1. The number of ether oxygens (including phenoxy) is 1. The summed E-state index contributed by atoms with van der Waals surface area (Å²) < 4.78 is 5.34. The number of aliphatic imine (C=N–C) groups is 1. The molecule has 0 aromatic rings. The van der Waals surface area contributed by atoms with Crippen LogP contribution in [0.3, 0.4) is 0 Å². The van der Waals surface area contributed by atoms with E-state index in [9.17, 15) is 4.79 Å². The van der Waals surface area contributed by atoms with Crippen LogP contribution >= 0.6 is 24.0 Å². The van der Waals surface area contributed by atoms with E-state index in [2.05, 4.69) is 29.5 Å². The molecule has 0 aliphatic heterocycles. The first-order valence-electron chi connectivity index (χ1n) is 8.08. The third-order valence-corrected chi connectivity index (χ3v) is 2.96. The van der Waals surface area contributed by atoms with Gasteiger partial charge in [-0.25, -0.2) is 4.79 Å². The van der Waals surface area contributed by atoms with E-state index in [4.69, 9.17) is 4.74 Å². The van der Waals surface area contributed by atoms with Crippen LogP contribution in [0.4, 0.5) is 4.79 Å².